The zero-order valence-electron chi connectivity index (χ0n) is 5.38. The molecule has 1 aliphatic carbocycles. The molecule has 9 heavy (non-hydrogen) atoms. The third-order valence-corrected chi connectivity index (χ3v) is 1.83. The van der Waals surface area contributed by atoms with Crippen LogP contribution in [0.15, 0.2) is 4.53 Å². The van der Waals surface area contributed by atoms with Gasteiger partial charge in [-0.25, -0.2) is 0 Å². The van der Waals surface area contributed by atoms with Crippen LogP contribution in [0.2, 0.25) is 0 Å². The van der Waals surface area contributed by atoms with Gasteiger partial charge in [0, 0.05) is 0 Å². The molecule has 0 bridgehead atoms. The van der Waals surface area contributed by atoms with E-state index in [9.17, 15) is 0 Å². The minimum atomic E-state index is 0.330. The minimum absolute atomic E-state index is 0.330. The van der Waals surface area contributed by atoms with Gasteiger partial charge in [-0.15, -0.1) is 0 Å². The Morgan fingerprint density at radius 1 is 1.22 bits per heavy atom. The van der Waals surface area contributed by atoms with Gasteiger partial charge in [-0.1, -0.05) is 6.42 Å². The SMILES string of the molecule is S=NOC1CCCCC1. The molecule has 2 nitrogen and oxygen atoms in total. The van der Waals surface area contributed by atoms with E-state index in [1.807, 2.05) is 0 Å². The first kappa shape index (κ1) is 6.93. The number of hydrogen-bond acceptors (Lipinski definition) is 3. The lowest BCUT2D eigenvalue weighted by molar-refractivity contribution is 0.0379. The fourth-order valence-electron chi connectivity index (χ4n) is 1.23. The van der Waals surface area contributed by atoms with Crippen molar-refractivity contribution in [2.75, 3.05) is 0 Å². The summed E-state index contributed by atoms with van der Waals surface area (Å²) < 4.78 is 3.24. The van der Waals surface area contributed by atoms with Gasteiger partial charge in [-0.05, 0) is 30.2 Å². The third kappa shape index (κ3) is 2.26. The number of rotatable bonds is 2. The highest BCUT2D eigenvalue weighted by Gasteiger charge is 2.13. The van der Waals surface area contributed by atoms with Gasteiger partial charge in [-0.2, -0.15) is 0 Å². The maximum Gasteiger partial charge on any atom is 0.128 e. The Kier molecular flexibility index (Phi) is 2.91. The van der Waals surface area contributed by atoms with Gasteiger partial charge in [-0.3, -0.25) is 0 Å². The van der Waals surface area contributed by atoms with E-state index in [1.165, 1.54) is 19.3 Å². The molecule has 0 saturated heterocycles. The van der Waals surface area contributed by atoms with Crippen molar-refractivity contribution in [3.8, 4) is 0 Å². The van der Waals surface area contributed by atoms with Gasteiger partial charge >= 0.3 is 0 Å². The van der Waals surface area contributed by atoms with E-state index in [4.69, 9.17) is 4.84 Å². The summed E-state index contributed by atoms with van der Waals surface area (Å²) in [5, 5.41) is 0. The van der Waals surface area contributed by atoms with E-state index in [0.29, 0.717) is 6.10 Å². The molecule has 52 valence electrons. The van der Waals surface area contributed by atoms with Crippen molar-refractivity contribution in [1.29, 1.82) is 0 Å². The van der Waals surface area contributed by atoms with Crippen molar-refractivity contribution in [3.63, 3.8) is 0 Å². The molecule has 0 aromatic carbocycles. The molecule has 0 amide bonds. The zero-order chi connectivity index (χ0) is 6.53. The predicted octanol–water partition coefficient (Wildman–Crippen LogP) is 1.98. The van der Waals surface area contributed by atoms with E-state index >= 15 is 0 Å². The third-order valence-electron chi connectivity index (χ3n) is 1.74. The first-order valence-corrected chi connectivity index (χ1v) is 3.78. The molecular weight excluding hydrogens is 134 g/mol. The Morgan fingerprint density at radius 2 is 1.89 bits per heavy atom. The van der Waals surface area contributed by atoms with Crippen molar-refractivity contribution in [2.24, 2.45) is 4.53 Å². The predicted molar refractivity (Wildman–Crippen MR) is 37.8 cm³/mol. The summed E-state index contributed by atoms with van der Waals surface area (Å²) in [4.78, 5) is 4.92. The summed E-state index contributed by atoms with van der Waals surface area (Å²) in [5.41, 5.74) is 0. The molecule has 0 radical (unpaired) electrons. The first-order chi connectivity index (χ1) is 4.43. The Balaban J connectivity index is 2.15. The highest BCUT2D eigenvalue weighted by molar-refractivity contribution is 7.47. The summed E-state index contributed by atoms with van der Waals surface area (Å²) >= 11 is 4.34. The molecule has 1 fully saturated rings. The molecule has 0 spiro atoms. The smallest absolute Gasteiger partial charge is 0.128 e. The summed E-state index contributed by atoms with van der Waals surface area (Å²) in [6.07, 6.45) is 6.50. The molecule has 0 aromatic heterocycles. The van der Waals surface area contributed by atoms with Crippen LogP contribution in [0.1, 0.15) is 32.1 Å². The van der Waals surface area contributed by atoms with Gasteiger partial charge < -0.3 is 4.84 Å². The minimum Gasteiger partial charge on any atom is -0.382 e. The molecule has 0 heterocycles. The van der Waals surface area contributed by atoms with Crippen LogP contribution in [0.5, 0.6) is 0 Å². The molecule has 0 unspecified atom stereocenters. The van der Waals surface area contributed by atoms with Crippen molar-refractivity contribution in [2.45, 2.75) is 38.2 Å². The van der Waals surface area contributed by atoms with Crippen molar-refractivity contribution < 1.29 is 4.84 Å². The maximum atomic E-state index is 4.92. The van der Waals surface area contributed by atoms with Crippen LogP contribution < -0.4 is 0 Å². The van der Waals surface area contributed by atoms with Gasteiger partial charge in [0.2, 0.25) is 0 Å². The zero-order valence-corrected chi connectivity index (χ0v) is 6.19. The largest absolute Gasteiger partial charge is 0.382 e. The van der Waals surface area contributed by atoms with Crippen LogP contribution >= 0.6 is 0 Å². The summed E-state index contributed by atoms with van der Waals surface area (Å²) in [6.45, 7) is 0. The molecule has 1 saturated carbocycles. The highest BCUT2D eigenvalue weighted by Crippen LogP contribution is 2.19. The summed E-state index contributed by atoms with van der Waals surface area (Å²) in [5.74, 6) is 0. The Morgan fingerprint density at radius 3 is 2.44 bits per heavy atom. The van der Waals surface area contributed by atoms with Crippen LogP contribution in [-0.4, -0.2) is 6.10 Å². The molecular formula is C6H11NOS. The summed E-state index contributed by atoms with van der Waals surface area (Å²) in [6, 6.07) is 0. The van der Waals surface area contributed by atoms with Crippen LogP contribution in [0, 0.1) is 0 Å². The fourth-order valence-corrected chi connectivity index (χ4v) is 1.35. The molecule has 0 atom stereocenters. The first-order valence-electron chi connectivity index (χ1n) is 3.42. The molecule has 0 N–H and O–H groups in total. The lowest BCUT2D eigenvalue weighted by Crippen LogP contribution is -2.13. The van der Waals surface area contributed by atoms with Gasteiger partial charge in [0.05, 0.1) is 12.4 Å². The topological polar surface area (TPSA) is 21.6 Å². The highest BCUT2D eigenvalue weighted by atomic mass is 32.1. The van der Waals surface area contributed by atoms with Gasteiger partial charge in [0.25, 0.3) is 0 Å². The van der Waals surface area contributed by atoms with E-state index < -0.39 is 0 Å². The number of nitrogens with zero attached hydrogens (tertiary/aromatic N) is 1. The van der Waals surface area contributed by atoms with Crippen molar-refractivity contribution in [3.05, 3.63) is 0 Å². The molecule has 0 aromatic rings. The normalized spacial score (nSPS) is 21.3. The van der Waals surface area contributed by atoms with Crippen LogP contribution in [0.25, 0.3) is 0 Å². The van der Waals surface area contributed by atoms with Gasteiger partial charge in [0.15, 0.2) is 0 Å². The quantitative estimate of drug-likeness (QED) is 0.554. The Bertz CT molecular complexity index is 91.1. The average molecular weight is 145 g/mol. The maximum absolute atomic E-state index is 4.92. The standard InChI is InChI=1S/C6H11NOS/c9-7-8-6-4-2-1-3-5-6/h6H,1-5H2. The molecule has 3 heteroatoms. The van der Waals surface area contributed by atoms with E-state index in [-0.39, 0.29) is 0 Å². The van der Waals surface area contributed by atoms with Crippen LogP contribution in [0.4, 0.5) is 0 Å². The Hall–Kier alpha value is -0.180. The van der Waals surface area contributed by atoms with Crippen LogP contribution in [-0.2, 0) is 17.3 Å². The second kappa shape index (κ2) is 3.77. The van der Waals surface area contributed by atoms with Crippen LogP contribution in [0.3, 0.4) is 0 Å². The monoisotopic (exact) mass is 145 g/mol. The average Bonchev–Trinajstić information content (AvgIpc) is 1.91. The molecule has 1 aliphatic rings. The van der Waals surface area contributed by atoms with Crippen molar-refractivity contribution in [1.82, 2.24) is 0 Å². The molecule has 0 aliphatic heterocycles. The number of hydrogen-bond donors (Lipinski definition) is 0. The lowest BCUT2D eigenvalue weighted by atomic mass is 9.98. The van der Waals surface area contributed by atoms with E-state index in [0.717, 1.165) is 12.8 Å². The molecule has 1 rings (SSSR count). The Labute approximate surface area is 60.7 Å². The van der Waals surface area contributed by atoms with E-state index in [2.05, 4.69) is 17.0 Å². The second-order valence-corrected chi connectivity index (χ2v) is 2.59. The van der Waals surface area contributed by atoms with Crippen molar-refractivity contribution >= 4 is 12.4 Å². The fraction of sp³-hybridized carbons (Fsp3) is 1.00. The van der Waals surface area contributed by atoms with Gasteiger partial charge in [0.1, 0.15) is 6.10 Å². The second-order valence-electron chi connectivity index (χ2n) is 2.44. The summed E-state index contributed by atoms with van der Waals surface area (Å²) in [7, 11) is 0. The lowest BCUT2D eigenvalue weighted by Gasteiger charge is -2.17. The van der Waals surface area contributed by atoms with E-state index in [1.54, 1.807) is 0 Å².